The zero-order chi connectivity index (χ0) is 13.9. The van der Waals surface area contributed by atoms with Gasteiger partial charge in [0.1, 0.15) is 0 Å². The molecule has 0 atom stereocenters. The highest BCUT2D eigenvalue weighted by atomic mass is 79.9. The summed E-state index contributed by atoms with van der Waals surface area (Å²) in [5, 5.41) is 4.37. The highest BCUT2D eigenvalue weighted by Gasteiger charge is 2.33. The number of rotatable bonds is 3. The van der Waals surface area contributed by atoms with Crippen molar-refractivity contribution in [3.8, 4) is 0 Å². The van der Waals surface area contributed by atoms with Gasteiger partial charge in [-0.1, -0.05) is 43.5 Å². The summed E-state index contributed by atoms with van der Waals surface area (Å²) in [6, 6.07) is 5.19. The van der Waals surface area contributed by atoms with Gasteiger partial charge >= 0.3 is 0 Å². The molecule has 0 bridgehead atoms. The van der Waals surface area contributed by atoms with E-state index in [1.54, 1.807) is 18.2 Å². The van der Waals surface area contributed by atoms with Gasteiger partial charge in [-0.15, -0.1) is 0 Å². The maximum absolute atomic E-state index is 12.3. The van der Waals surface area contributed by atoms with E-state index in [4.69, 9.17) is 16.3 Å². The number of benzene rings is 1. The van der Waals surface area contributed by atoms with Gasteiger partial charge in [-0.25, -0.2) is 0 Å². The SMILES string of the molecule is O=C(NC1(CBr)CCOCC1)c1cc(Cl)cc(Br)c1. The first kappa shape index (κ1) is 15.3. The van der Waals surface area contributed by atoms with Crippen LogP contribution in [0.1, 0.15) is 23.2 Å². The van der Waals surface area contributed by atoms with Crippen LogP contribution in [0.5, 0.6) is 0 Å². The molecule has 1 aromatic rings. The first-order valence-corrected chi connectivity index (χ1v) is 8.26. The average molecular weight is 412 g/mol. The lowest BCUT2D eigenvalue weighted by Gasteiger charge is -2.36. The molecule has 0 unspecified atom stereocenters. The maximum atomic E-state index is 12.3. The van der Waals surface area contributed by atoms with Gasteiger partial charge in [-0.3, -0.25) is 4.79 Å². The molecule has 1 amide bonds. The predicted molar refractivity (Wildman–Crippen MR) is 83.2 cm³/mol. The fraction of sp³-hybridized carbons (Fsp3) is 0.462. The molecule has 1 aliphatic rings. The molecular formula is C13H14Br2ClNO2. The van der Waals surface area contributed by atoms with Crippen LogP contribution in [0.2, 0.25) is 5.02 Å². The lowest BCUT2D eigenvalue weighted by Crippen LogP contribution is -2.53. The Balaban J connectivity index is 2.15. The van der Waals surface area contributed by atoms with E-state index in [-0.39, 0.29) is 11.4 Å². The molecule has 0 radical (unpaired) electrons. The third-order valence-corrected chi connectivity index (χ3v) is 4.96. The Hall–Kier alpha value is -0.100. The van der Waals surface area contributed by atoms with Crippen LogP contribution in [0.25, 0.3) is 0 Å². The number of carbonyl (C=O) groups is 1. The van der Waals surface area contributed by atoms with Crippen LogP contribution in [-0.4, -0.2) is 30.0 Å². The van der Waals surface area contributed by atoms with Crippen LogP contribution in [0, 0.1) is 0 Å². The van der Waals surface area contributed by atoms with Crippen molar-refractivity contribution in [3.63, 3.8) is 0 Å². The molecule has 1 saturated heterocycles. The van der Waals surface area contributed by atoms with E-state index in [9.17, 15) is 4.79 Å². The fourth-order valence-corrected chi connectivity index (χ4v) is 3.61. The third-order valence-electron chi connectivity index (χ3n) is 3.21. The summed E-state index contributed by atoms with van der Waals surface area (Å²) in [7, 11) is 0. The van der Waals surface area contributed by atoms with Crippen LogP contribution in [0.15, 0.2) is 22.7 Å². The van der Waals surface area contributed by atoms with Crippen molar-refractivity contribution < 1.29 is 9.53 Å². The molecule has 3 nitrogen and oxygen atoms in total. The van der Waals surface area contributed by atoms with Gasteiger partial charge in [0.2, 0.25) is 0 Å². The van der Waals surface area contributed by atoms with E-state index in [0.717, 1.165) is 22.6 Å². The van der Waals surface area contributed by atoms with E-state index in [1.807, 2.05) is 0 Å². The number of amides is 1. The molecule has 104 valence electrons. The minimum Gasteiger partial charge on any atom is -0.381 e. The highest BCUT2D eigenvalue weighted by Crippen LogP contribution is 2.25. The zero-order valence-electron chi connectivity index (χ0n) is 10.2. The summed E-state index contributed by atoms with van der Waals surface area (Å²) in [6.07, 6.45) is 1.62. The quantitative estimate of drug-likeness (QED) is 0.769. The Labute approximate surface area is 134 Å². The van der Waals surface area contributed by atoms with E-state index in [0.29, 0.717) is 23.8 Å². The number of nitrogens with one attached hydrogen (secondary N) is 1. The van der Waals surface area contributed by atoms with Gasteiger partial charge in [0, 0.05) is 33.6 Å². The second-order valence-electron chi connectivity index (χ2n) is 4.64. The smallest absolute Gasteiger partial charge is 0.251 e. The fourth-order valence-electron chi connectivity index (χ4n) is 2.05. The van der Waals surface area contributed by atoms with Gasteiger partial charge in [-0.2, -0.15) is 0 Å². The van der Waals surface area contributed by atoms with Gasteiger partial charge in [0.05, 0.1) is 5.54 Å². The van der Waals surface area contributed by atoms with Crippen molar-refractivity contribution in [1.82, 2.24) is 5.32 Å². The largest absolute Gasteiger partial charge is 0.381 e. The zero-order valence-corrected chi connectivity index (χ0v) is 14.1. The van der Waals surface area contributed by atoms with Crippen LogP contribution >= 0.6 is 43.5 Å². The predicted octanol–water partition coefficient (Wildman–Crippen LogP) is 3.78. The van der Waals surface area contributed by atoms with Crippen molar-refractivity contribution in [1.29, 1.82) is 0 Å². The lowest BCUT2D eigenvalue weighted by atomic mass is 9.92. The number of carbonyl (C=O) groups excluding carboxylic acids is 1. The lowest BCUT2D eigenvalue weighted by molar-refractivity contribution is 0.0442. The molecule has 1 N–H and O–H groups in total. The Kier molecular flexibility index (Phi) is 5.29. The van der Waals surface area contributed by atoms with Crippen molar-refractivity contribution in [2.24, 2.45) is 0 Å². The maximum Gasteiger partial charge on any atom is 0.251 e. The molecule has 1 aliphatic heterocycles. The normalized spacial score (nSPS) is 18.1. The molecule has 1 fully saturated rings. The summed E-state index contributed by atoms with van der Waals surface area (Å²) < 4.78 is 6.15. The molecule has 0 saturated carbocycles. The average Bonchev–Trinajstić information content (AvgIpc) is 2.38. The second kappa shape index (κ2) is 6.57. The minimum atomic E-state index is -0.232. The number of hydrogen-bond acceptors (Lipinski definition) is 2. The molecule has 1 aromatic carbocycles. The highest BCUT2D eigenvalue weighted by molar-refractivity contribution is 9.10. The molecule has 1 heterocycles. The van der Waals surface area contributed by atoms with E-state index in [1.165, 1.54) is 0 Å². The molecule has 0 spiro atoms. The molecule has 0 aromatic heterocycles. The summed E-state index contributed by atoms with van der Waals surface area (Å²) in [5.74, 6) is -0.107. The van der Waals surface area contributed by atoms with Gasteiger partial charge < -0.3 is 10.1 Å². The number of alkyl halides is 1. The van der Waals surface area contributed by atoms with Crippen LogP contribution < -0.4 is 5.32 Å². The molecule has 6 heteroatoms. The van der Waals surface area contributed by atoms with Gasteiger partial charge in [0.25, 0.3) is 5.91 Å². The Morgan fingerprint density at radius 1 is 1.37 bits per heavy atom. The van der Waals surface area contributed by atoms with Crippen molar-refractivity contribution >= 4 is 49.4 Å². The molecular weight excluding hydrogens is 397 g/mol. The molecule has 0 aliphatic carbocycles. The second-order valence-corrected chi connectivity index (χ2v) is 6.55. The summed E-state index contributed by atoms with van der Waals surface area (Å²) in [5.41, 5.74) is 0.329. The van der Waals surface area contributed by atoms with Crippen LogP contribution in [0.4, 0.5) is 0 Å². The number of ether oxygens (including phenoxy) is 1. The standard InChI is InChI=1S/C13H14Br2ClNO2/c14-8-13(1-3-19-4-2-13)17-12(18)9-5-10(15)7-11(16)6-9/h5-7H,1-4,8H2,(H,17,18). The van der Waals surface area contributed by atoms with Gasteiger partial charge in [-0.05, 0) is 31.0 Å². The van der Waals surface area contributed by atoms with Crippen molar-refractivity contribution in [2.75, 3.05) is 18.5 Å². The summed E-state index contributed by atoms with van der Waals surface area (Å²) in [4.78, 5) is 12.3. The number of halogens is 3. The monoisotopic (exact) mass is 409 g/mol. The van der Waals surface area contributed by atoms with Gasteiger partial charge in [0.15, 0.2) is 0 Å². The van der Waals surface area contributed by atoms with E-state index < -0.39 is 0 Å². The Morgan fingerprint density at radius 3 is 2.63 bits per heavy atom. The van der Waals surface area contributed by atoms with Crippen LogP contribution in [0.3, 0.4) is 0 Å². The number of hydrogen-bond donors (Lipinski definition) is 1. The minimum absolute atomic E-state index is 0.107. The van der Waals surface area contributed by atoms with Crippen molar-refractivity contribution in [2.45, 2.75) is 18.4 Å². The first-order valence-electron chi connectivity index (χ1n) is 5.97. The topological polar surface area (TPSA) is 38.3 Å². The van der Waals surface area contributed by atoms with Crippen LogP contribution in [-0.2, 0) is 4.74 Å². The molecule has 19 heavy (non-hydrogen) atoms. The van der Waals surface area contributed by atoms with E-state index in [2.05, 4.69) is 37.2 Å². The van der Waals surface area contributed by atoms with E-state index >= 15 is 0 Å². The Bertz CT molecular complexity index is 455. The molecule has 2 rings (SSSR count). The summed E-state index contributed by atoms with van der Waals surface area (Å²) in [6.45, 7) is 1.34. The summed E-state index contributed by atoms with van der Waals surface area (Å²) >= 11 is 12.8. The Morgan fingerprint density at radius 2 is 2.05 bits per heavy atom. The third kappa shape index (κ3) is 3.94. The van der Waals surface area contributed by atoms with Crippen molar-refractivity contribution in [3.05, 3.63) is 33.3 Å². The first-order chi connectivity index (χ1) is 9.04.